The van der Waals surface area contributed by atoms with E-state index in [1.807, 2.05) is 39.0 Å². The van der Waals surface area contributed by atoms with E-state index >= 15 is 0 Å². The molecule has 162 valence electrons. The fourth-order valence-corrected chi connectivity index (χ4v) is 3.34. The Morgan fingerprint density at radius 1 is 0.967 bits per heavy atom. The number of nitrogens with one attached hydrogen (secondary N) is 1. The van der Waals surface area contributed by atoms with Crippen molar-refractivity contribution in [3.8, 4) is 5.75 Å². The van der Waals surface area contributed by atoms with E-state index in [1.165, 1.54) is 0 Å². The molecule has 2 aromatic rings. The number of rotatable bonds is 10. The van der Waals surface area contributed by atoms with Crippen molar-refractivity contribution in [2.24, 2.45) is 0 Å². The van der Waals surface area contributed by atoms with Gasteiger partial charge in [0.15, 0.2) is 6.10 Å². The van der Waals surface area contributed by atoms with E-state index in [0.717, 1.165) is 17.7 Å². The molecule has 0 fully saturated rings. The Bertz CT molecular complexity index is 846. The van der Waals surface area contributed by atoms with Crippen LogP contribution in [0.1, 0.15) is 69.3 Å². The van der Waals surface area contributed by atoms with E-state index in [0.29, 0.717) is 36.7 Å². The van der Waals surface area contributed by atoms with Crippen molar-refractivity contribution >= 4 is 17.5 Å². The summed E-state index contributed by atoms with van der Waals surface area (Å²) in [6.07, 6.45) is 0.924. The summed E-state index contributed by atoms with van der Waals surface area (Å²) in [5.41, 5.74) is 2.26. The van der Waals surface area contributed by atoms with Crippen LogP contribution in [0, 0.1) is 0 Å². The fraction of sp³-hybridized carbons (Fsp3) is 0.440. The molecule has 0 heterocycles. The normalized spacial score (nSPS) is 12.7. The third kappa shape index (κ3) is 5.85. The predicted molar refractivity (Wildman–Crippen MR) is 122 cm³/mol. The number of benzene rings is 2. The third-order valence-electron chi connectivity index (χ3n) is 5.42. The highest BCUT2D eigenvalue weighted by molar-refractivity contribution is 5.98. The van der Waals surface area contributed by atoms with Gasteiger partial charge in [0.05, 0.1) is 0 Å². The van der Waals surface area contributed by atoms with Crippen molar-refractivity contribution in [1.29, 1.82) is 0 Å². The molecule has 0 aliphatic rings. The van der Waals surface area contributed by atoms with Crippen molar-refractivity contribution in [1.82, 2.24) is 4.90 Å². The quantitative estimate of drug-likeness (QED) is 0.564. The van der Waals surface area contributed by atoms with Gasteiger partial charge in [-0.25, -0.2) is 0 Å². The zero-order valence-corrected chi connectivity index (χ0v) is 18.8. The molecule has 2 rings (SSSR count). The van der Waals surface area contributed by atoms with Crippen molar-refractivity contribution in [2.45, 2.75) is 59.5 Å². The summed E-state index contributed by atoms with van der Waals surface area (Å²) >= 11 is 0. The lowest BCUT2D eigenvalue weighted by molar-refractivity contribution is -0.122. The first-order valence-corrected chi connectivity index (χ1v) is 10.9. The second-order valence-electron chi connectivity index (χ2n) is 7.41. The molecule has 0 aliphatic heterocycles. The van der Waals surface area contributed by atoms with Gasteiger partial charge in [-0.2, -0.15) is 0 Å². The maximum atomic E-state index is 12.9. The summed E-state index contributed by atoms with van der Waals surface area (Å²) in [5, 5.41) is 2.91. The largest absolute Gasteiger partial charge is 0.480 e. The molecule has 5 heteroatoms. The van der Waals surface area contributed by atoms with E-state index in [-0.39, 0.29) is 11.8 Å². The lowest BCUT2D eigenvalue weighted by atomic mass is 9.98. The van der Waals surface area contributed by atoms with E-state index in [2.05, 4.69) is 25.2 Å². The van der Waals surface area contributed by atoms with Crippen LogP contribution in [-0.2, 0) is 4.79 Å². The molecule has 2 atom stereocenters. The Hall–Kier alpha value is -2.82. The van der Waals surface area contributed by atoms with Crippen LogP contribution in [0.4, 0.5) is 5.69 Å². The van der Waals surface area contributed by atoms with Crippen molar-refractivity contribution in [2.75, 3.05) is 18.4 Å². The first-order valence-electron chi connectivity index (χ1n) is 10.9. The summed E-state index contributed by atoms with van der Waals surface area (Å²) < 4.78 is 6.12. The van der Waals surface area contributed by atoms with Gasteiger partial charge in [-0.05, 0) is 62.4 Å². The highest BCUT2D eigenvalue weighted by Gasteiger charge is 2.21. The van der Waals surface area contributed by atoms with Gasteiger partial charge in [0, 0.05) is 24.3 Å². The van der Waals surface area contributed by atoms with Gasteiger partial charge in [-0.1, -0.05) is 45.0 Å². The van der Waals surface area contributed by atoms with Crippen LogP contribution in [0.2, 0.25) is 0 Å². The van der Waals surface area contributed by atoms with Gasteiger partial charge in [0.1, 0.15) is 5.75 Å². The standard InChI is InChI=1S/C25H34N2O3/c1-6-18(5)21-15-10-11-16-23(21)30-22(7-2)24(28)26-20-14-12-13-19(17-20)25(29)27(8-3)9-4/h10-18,22H,6-9H2,1-5H3,(H,26,28). The van der Waals surface area contributed by atoms with Crippen LogP contribution in [0.5, 0.6) is 5.75 Å². The van der Waals surface area contributed by atoms with Crippen LogP contribution >= 0.6 is 0 Å². The number of amides is 2. The number of nitrogens with zero attached hydrogens (tertiary/aromatic N) is 1. The molecule has 2 aromatic carbocycles. The second kappa shape index (κ2) is 11.4. The van der Waals surface area contributed by atoms with Gasteiger partial charge in [-0.3, -0.25) is 9.59 Å². The van der Waals surface area contributed by atoms with E-state index in [4.69, 9.17) is 4.74 Å². The lowest BCUT2D eigenvalue weighted by Gasteiger charge is -2.22. The third-order valence-corrected chi connectivity index (χ3v) is 5.42. The molecule has 0 radical (unpaired) electrons. The Labute approximate surface area is 180 Å². The molecule has 2 amide bonds. The van der Waals surface area contributed by atoms with Crippen molar-refractivity contribution in [3.63, 3.8) is 0 Å². The Morgan fingerprint density at radius 3 is 2.30 bits per heavy atom. The monoisotopic (exact) mass is 410 g/mol. The predicted octanol–water partition coefficient (Wildman–Crippen LogP) is 5.48. The van der Waals surface area contributed by atoms with Crippen LogP contribution in [-0.4, -0.2) is 35.9 Å². The number of ether oxygens (including phenoxy) is 1. The summed E-state index contributed by atoms with van der Waals surface area (Å²) in [6.45, 7) is 11.4. The first kappa shape index (κ1) is 23.5. The minimum Gasteiger partial charge on any atom is -0.480 e. The molecule has 0 aliphatic carbocycles. The summed E-state index contributed by atoms with van der Waals surface area (Å²) in [6, 6.07) is 15.0. The molecule has 0 bridgehead atoms. The minimum atomic E-state index is -0.614. The average molecular weight is 411 g/mol. The van der Waals surface area contributed by atoms with Gasteiger partial charge in [0.25, 0.3) is 11.8 Å². The molecule has 30 heavy (non-hydrogen) atoms. The summed E-state index contributed by atoms with van der Waals surface area (Å²) in [7, 11) is 0. The average Bonchev–Trinajstić information content (AvgIpc) is 2.78. The number of para-hydroxylation sites is 1. The molecule has 2 unspecified atom stereocenters. The van der Waals surface area contributed by atoms with Gasteiger partial charge in [-0.15, -0.1) is 0 Å². The Kier molecular flexibility index (Phi) is 8.90. The molecule has 0 spiro atoms. The molecule has 0 saturated carbocycles. The lowest BCUT2D eigenvalue weighted by Crippen LogP contribution is -2.33. The second-order valence-corrected chi connectivity index (χ2v) is 7.41. The fourth-order valence-electron chi connectivity index (χ4n) is 3.34. The van der Waals surface area contributed by atoms with Crippen LogP contribution < -0.4 is 10.1 Å². The van der Waals surface area contributed by atoms with Crippen LogP contribution in [0.15, 0.2) is 48.5 Å². The highest BCUT2D eigenvalue weighted by atomic mass is 16.5. The SMILES string of the molecule is CCC(Oc1ccccc1C(C)CC)C(=O)Nc1cccc(C(=O)N(CC)CC)c1. The molecular weight excluding hydrogens is 376 g/mol. The topological polar surface area (TPSA) is 58.6 Å². The number of carbonyl (C=O) groups excluding carboxylic acids is 2. The van der Waals surface area contributed by atoms with Gasteiger partial charge < -0.3 is 15.0 Å². The minimum absolute atomic E-state index is 0.0399. The maximum absolute atomic E-state index is 12.9. The van der Waals surface area contributed by atoms with Crippen LogP contribution in [0.3, 0.4) is 0 Å². The highest BCUT2D eigenvalue weighted by Crippen LogP contribution is 2.29. The molecular formula is C25H34N2O3. The smallest absolute Gasteiger partial charge is 0.265 e. The Morgan fingerprint density at radius 2 is 1.67 bits per heavy atom. The van der Waals surface area contributed by atoms with E-state index in [9.17, 15) is 9.59 Å². The number of hydrogen-bond donors (Lipinski definition) is 1. The first-order chi connectivity index (χ1) is 14.4. The zero-order chi connectivity index (χ0) is 22.1. The summed E-state index contributed by atoms with van der Waals surface area (Å²) in [5.74, 6) is 0.842. The molecule has 5 nitrogen and oxygen atoms in total. The van der Waals surface area contributed by atoms with E-state index < -0.39 is 6.10 Å². The van der Waals surface area contributed by atoms with Gasteiger partial charge >= 0.3 is 0 Å². The zero-order valence-electron chi connectivity index (χ0n) is 18.8. The number of hydrogen-bond acceptors (Lipinski definition) is 3. The van der Waals surface area contributed by atoms with Crippen LogP contribution in [0.25, 0.3) is 0 Å². The number of anilines is 1. The van der Waals surface area contributed by atoms with E-state index in [1.54, 1.807) is 29.2 Å². The molecule has 1 N–H and O–H groups in total. The maximum Gasteiger partial charge on any atom is 0.265 e. The number of carbonyl (C=O) groups is 2. The van der Waals surface area contributed by atoms with Gasteiger partial charge in [0.2, 0.25) is 0 Å². The summed E-state index contributed by atoms with van der Waals surface area (Å²) in [4.78, 5) is 27.2. The van der Waals surface area contributed by atoms with Crippen molar-refractivity contribution in [3.05, 3.63) is 59.7 Å². The Balaban J connectivity index is 2.15. The molecule has 0 aromatic heterocycles. The molecule has 0 saturated heterocycles. The van der Waals surface area contributed by atoms with Crippen molar-refractivity contribution < 1.29 is 14.3 Å².